The van der Waals surface area contributed by atoms with Crippen molar-refractivity contribution in [2.75, 3.05) is 0 Å². The molecule has 21 heavy (non-hydrogen) atoms. The largest absolute Gasteiger partial charge is 0.206 e. The van der Waals surface area contributed by atoms with Crippen molar-refractivity contribution in [1.82, 2.24) is 0 Å². The van der Waals surface area contributed by atoms with Crippen LogP contribution >= 0.6 is 15.9 Å². The molecule has 3 aromatic rings. The smallest absolute Gasteiger partial charge is 0.131 e. The van der Waals surface area contributed by atoms with Crippen LogP contribution in [0.4, 0.5) is 4.39 Å². The zero-order chi connectivity index (χ0) is 14.4. The van der Waals surface area contributed by atoms with Crippen LogP contribution in [-0.4, -0.2) is 0 Å². The second-order valence-electron chi connectivity index (χ2n) is 5.59. The van der Waals surface area contributed by atoms with Crippen LogP contribution in [0.1, 0.15) is 27.4 Å². The van der Waals surface area contributed by atoms with E-state index in [1.54, 1.807) is 6.07 Å². The monoisotopic (exact) mass is 340 g/mol. The summed E-state index contributed by atoms with van der Waals surface area (Å²) in [5.74, 6) is 0.318. The zero-order valence-corrected chi connectivity index (χ0v) is 13.0. The van der Waals surface area contributed by atoms with Crippen LogP contribution in [0, 0.1) is 5.82 Å². The highest BCUT2D eigenvalue weighted by molar-refractivity contribution is 9.09. The van der Waals surface area contributed by atoms with Crippen molar-refractivity contribution >= 4 is 26.7 Å². The van der Waals surface area contributed by atoms with E-state index in [-0.39, 0.29) is 10.6 Å². The summed E-state index contributed by atoms with van der Waals surface area (Å²) in [5, 5.41) is 1.70. The van der Waals surface area contributed by atoms with Gasteiger partial charge in [-0.05, 0) is 34.6 Å². The van der Waals surface area contributed by atoms with Gasteiger partial charge >= 0.3 is 0 Å². The summed E-state index contributed by atoms with van der Waals surface area (Å²) >= 11 is 3.86. The molecule has 0 heterocycles. The van der Waals surface area contributed by atoms with Gasteiger partial charge in [-0.15, -0.1) is 0 Å². The molecule has 0 nitrogen and oxygen atoms in total. The lowest BCUT2D eigenvalue weighted by atomic mass is 9.74. The third-order valence-electron chi connectivity index (χ3n) is 4.45. The van der Waals surface area contributed by atoms with Crippen LogP contribution in [0.15, 0.2) is 60.7 Å². The number of hydrogen-bond acceptors (Lipinski definition) is 0. The maximum absolute atomic E-state index is 14.0. The fraction of sp³-hybridized carbons (Fsp3) is 0.158. The van der Waals surface area contributed by atoms with Gasteiger partial charge in [0, 0.05) is 16.1 Å². The van der Waals surface area contributed by atoms with Gasteiger partial charge in [0.15, 0.2) is 0 Å². The lowest BCUT2D eigenvalue weighted by Crippen LogP contribution is -2.20. The molecule has 0 bridgehead atoms. The second kappa shape index (κ2) is 4.96. The molecule has 0 N–H and O–H groups in total. The van der Waals surface area contributed by atoms with Crippen molar-refractivity contribution in [3.8, 4) is 0 Å². The average Bonchev–Trinajstić information content (AvgIpc) is 2.49. The molecule has 0 saturated carbocycles. The molecule has 0 saturated heterocycles. The Morgan fingerprint density at radius 3 is 2.43 bits per heavy atom. The van der Waals surface area contributed by atoms with Crippen molar-refractivity contribution in [3.05, 3.63) is 83.2 Å². The van der Waals surface area contributed by atoms with Gasteiger partial charge in [0.25, 0.3) is 0 Å². The molecule has 2 atom stereocenters. The summed E-state index contributed by atoms with van der Waals surface area (Å²) in [5.41, 5.74) is 4.01. The van der Waals surface area contributed by atoms with Gasteiger partial charge < -0.3 is 0 Å². The molecule has 0 amide bonds. The molecular formula is C19H14BrF. The van der Waals surface area contributed by atoms with Gasteiger partial charge in [-0.25, -0.2) is 4.39 Å². The van der Waals surface area contributed by atoms with Crippen molar-refractivity contribution in [3.63, 3.8) is 0 Å². The van der Waals surface area contributed by atoms with E-state index < -0.39 is 0 Å². The molecule has 0 radical (unpaired) electrons. The van der Waals surface area contributed by atoms with Gasteiger partial charge in [-0.1, -0.05) is 70.5 Å². The third kappa shape index (κ3) is 2.01. The van der Waals surface area contributed by atoms with E-state index >= 15 is 0 Å². The first kappa shape index (κ1) is 13.0. The van der Waals surface area contributed by atoms with Crippen LogP contribution in [0.3, 0.4) is 0 Å². The molecule has 2 heteroatoms. The van der Waals surface area contributed by atoms with Crippen LogP contribution in [0.25, 0.3) is 10.8 Å². The Morgan fingerprint density at radius 1 is 0.905 bits per heavy atom. The Hall–Kier alpha value is -1.67. The highest BCUT2D eigenvalue weighted by atomic mass is 79.9. The van der Waals surface area contributed by atoms with E-state index in [9.17, 15) is 4.39 Å². The Balaban J connectivity index is 1.80. The standard InChI is InChI=1S/C19H14BrF/c20-19(17-11-12-5-1-2-6-13(12)17)16-9-10-18(21)15-8-4-3-7-14(15)16/h1-10,17,19H,11H2. The summed E-state index contributed by atoms with van der Waals surface area (Å²) in [6.45, 7) is 0. The van der Waals surface area contributed by atoms with E-state index in [2.05, 4.69) is 40.2 Å². The fourth-order valence-corrected chi connectivity index (χ4v) is 4.17. The quantitative estimate of drug-likeness (QED) is 0.520. The minimum Gasteiger partial charge on any atom is -0.206 e. The Kier molecular flexibility index (Phi) is 3.07. The van der Waals surface area contributed by atoms with E-state index in [0.717, 1.165) is 11.8 Å². The maximum Gasteiger partial charge on any atom is 0.131 e. The third-order valence-corrected chi connectivity index (χ3v) is 5.58. The van der Waals surface area contributed by atoms with E-state index in [1.165, 1.54) is 16.7 Å². The molecule has 0 aromatic heterocycles. The molecule has 1 aliphatic carbocycles. The lowest BCUT2D eigenvalue weighted by Gasteiger charge is -2.34. The van der Waals surface area contributed by atoms with Crippen LogP contribution in [0.5, 0.6) is 0 Å². The Labute approximate surface area is 131 Å². The number of halogens is 2. The second-order valence-corrected chi connectivity index (χ2v) is 6.58. The maximum atomic E-state index is 14.0. The van der Waals surface area contributed by atoms with E-state index in [1.807, 2.05) is 30.3 Å². The van der Waals surface area contributed by atoms with Gasteiger partial charge in [0.1, 0.15) is 5.82 Å². The summed E-state index contributed by atoms with van der Waals surface area (Å²) in [6.07, 6.45) is 1.08. The topological polar surface area (TPSA) is 0 Å². The lowest BCUT2D eigenvalue weighted by molar-refractivity contribution is 0.600. The van der Waals surface area contributed by atoms with Crippen molar-refractivity contribution < 1.29 is 4.39 Å². The highest BCUT2D eigenvalue weighted by Crippen LogP contribution is 2.49. The molecule has 2 unspecified atom stereocenters. The first-order chi connectivity index (χ1) is 10.3. The van der Waals surface area contributed by atoms with E-state index in [0.29, 0.717) is 11.3 Å². The SMILES string of the molecule is Fc1ccc(C(Br)C2Cc3ccccc32)c2ccccc12. The van der Waals surface area contributed by atoms with Crippen LogP contribution in [0.2, 0.25) is 0 Å². The predicted molar refractivity (Wildman–Crippen MR) is 88.5 cm³/mol. The van der Waals surface area contributed by atoms with Gasteiger partial charge in [-0.2, -0.15) is 0 Å². The number of alkyl halides is 1. The summed E-state index contributed by atoms with van der Waals surface area (Å²) in [6, 6.07) is 19.8. The summed E-state index contributed by atoms with van der Waals surface area (Å²) in [4.78, 5) is 0.220. The number of rotatable bonds is 2. The molecule has 0 spiro atoms. The van der Waals surface area contributed by atoms with Crippen LogP contribution in [-0.2, 0) is 6.42 Å². The fourth-order valence-electron chi connectivity index (χ4n) is 3.30. The first-order valence-corrected chi connectivity index (χ1v) is 8.06. The molecule has 4 rings (SSSR count). The average molecular weight is 341 g/mol. The molecular weight excluding hydrogens is 327 g/mol. The summed E-state index contributed by atoms with van der Waals surface area (Å²) < 4.78 is 14.0. The number of hydrogen-bond donors (Lipinski definition) is 0. The highest BCUT2D eigenvalue weighted by Gasteiger charge is 2.32. The summed E-state index contributed by atoms with van der Waals surface area (Å²) in [7, 11) is 0. The van der Waals surface area contributed by atoms with Crippen molar-refractivity contribution in [2.24, 2.45) is 0 Å². The van der Waals surface area contributed by atoms with Crippen molar-refractivity contribution in [1.29, 1.82) is 0 Å². The van der Waals surface area contributed by atoms with Gasteiger partial charge in [0.2, 0.25) is 0 Å². The van der Waals surface area contributed by atoms with Gasteiger partial charge in [-0.3, -0.25) is 0 Å². The Bertz CT molecular complexity index is 825. The molecule has 3 aromatic carbocycles. The predicted octanol–water partition coefficient (Wildman–Crippen LogP) is 5.75. The Morgan fingerprint density at radius 2 is 1.62 bits per heavy atom. The first-order valence-electron chi connectivity index (χ1n) is 7.15. The molecule has 0 aliphatic heterocycles. The molecule has 0 fully saturated rings. The van der Waals surface area contributed by atoms with Crippen molar-refractivity contribution in [2.45, 2.75) is 17.2 Å². The minimum atomic E-state index is -0.150. The zero-order valence-electron chi connectivity index (χ0n) is 11.4. The van der Waals surface area contributed by atoms with E-state index in [4.69, 9.17) is 0 Å². The number of fused-ring (bicyclic) bond motifs is 2. The number of benzene rings is 3. The molecule has 104 valence electrons. The van der Waals surface area contributed by atoms with Gasteiger partial charge in [0.05, 0.1) is 0 Å². The molecule has 1 aliphatic rings. The van der Waals surface area contributed by atoms with Crippen LogP contribution < -0.4 is 0 Å². The normalized spacial score (nSPS) is 18.1. The minimum absolute atomic E-state index is 0.150.